The lowest BCUT2D eigenvalue weighted by atomic mass is 9.97. The van der Waals surface area contributed by atoms with Crippen molar-refractivity contribution >= 4 is 46.5 Å². The molecule has 2 aliphatic rings. The van der Waals surface area contributed by atoms with Crippen molar-refractivity contribution in [1.29, 1.82) is 0 Å². The van der Waals surface area contributed by atoms with E-state index in [9.17, 15) is 14.4 Å². The number of halogens is 2. The molecule has 2 amide bonds. The van der Waals surface area contributed by atoms with E-state index in [4.69, 9.17) is 28.2 Å². The van der Waals surface area contributed by atoms with E-state index >= 15 is 0 Å². The highest BCUT2D eigenvalue weighted by molar-refractivity contribution is 6.39. The molecule has 5 heterocycles. The Labute approximate surface area is 305 Å². The van der Waals surface area contributed by atoms with Gasteiger partial charge in [-0.1, -0.05) is 65.7 Å². The zero-order chi connectivity index (χ0) is 35.5. The van der Waals surface area contributed by atoms with Crippen LogP contribution in [-0.4, -0.2) is 58.4 Å². The summed E-state index contributed by atoms with van der Waals surface area (Å²) in [7, 11) is 1.84. The molecule has 13 heteroatoms. The van der Waals surface area contributed by atoms with Crippen LogP contribution in [0.3, 0.4) is 0 Å². The van der Waals surface area contributed by atoms with E-state index in [1.165, 1.54) is 4.40 Å². The highest BCUT2D eigenvalue weighted by atomic mass is 35.5. The Kier molecular flexibility index (Phi) is 10.3. The number of amides is 2. The molecule has 0 saturated carbocycles. The van der Waals surface area contributed by atoms with Gasteiger partial charge in [0.15, 0.2) is 0 Å². The van der Waals surface area contributed by atoms with E-state index in [0.29, 0.717) is 60.3 Å². The molecule has 3 aromatic heterocycles. The average Bonchev–Trinajstić information content (AvgIpc) is 3.76. The Morgan fingerprint density at radius 1 is 0.784 bits per heavy atom. The maximum absolute atomic E-state index is 13.3. The van der Waals surface area contributed by atoms with E-state index in [-0.39, 0.29) is 29.5 Å². The first-order valence-electron chi connectivity index (χ1n) is 17.1. The van der Waals surface area contributed by atoms with Crippen molar-refractivity contribution in [2.24, 2.45) is 0 Å². The van der Waals surface area contributed by atoms with Crippen molar-refractivity contribution in [2.45, 2.75) is 50.9 Å². The quantitative estimate of drug-likeness (QED) is 0.119. The molecule has 2 fully saturated rings. The maximum atomic E-state index is 13.3. The topological polar surface area (TPSA) is 142 Å². The number of benzene rings is 2. The van der Waals surface area contributed by atoms with Crippen LogP contribution in [0.5, 0.6) is 0 Å². The third-order valence-electron chi connectivity index (χ3n) is 9.45. The smallest absolute Gasteiger partial charge is 0.262 e. The van der Waals surface area contributed by atoms with Gasteiger partial charge in [-0.15, -0.1) is 0 Å². The minimum Gasteiger partial charge on any atom is -0.373 e. The fourth-order valence-corrected chi connectivity index (χ4v) is 7.38. The van der Waals surface area contributed by atoms with Gasteiger partial charge in [-0.2, -0.15) is 0 Å². The molecule has 2 saturated heterocycles. The first kappa shape index (κ1) is 34.6. The second-order valence-electron chi connectivity index (χ2n) is 12.9. The lowest BCUT2D eigenvalue weighted by molar-refractivity contribution is -0.120. The van der Waals surface area contributed by atoms with Gasteiger partial charge in [0.05, 0.1) is 15.7 Å². The molecule has 5 aromatic rings. The first-order chi connectivity index (χ1) is 24.8. The maximum Gasteiger partial charge on any atom is 0.262 e. The number of fused-ring (bicyclic) bond motifs is 1. The Morgan fingerprint density at radius 2 is 1.39 bits per heavy atom. The van der Waals surface area contributed by atoms with E-state index < -0.39 is 0 Å². The standard InChI is InChI=1S/C38H38Cl2N8O3/c1-41-37-23(17-42-20-25-9-12-33(49)45-25)8-11-31(47-37)30-7-3-6-29(36(30)40)28-5-2-4-27(35(28)39)22-14-15-48-32(16-22)44-19-24(38(48)51)18-43-21-26-10-13-34(50)46-26/h2-8,11,14-16,19,25-26,42-43H,9-10,12-13,17-18,20-21H2,1H3,(H,41,47)(H,45,49)(H,46,50)/t25-,26+/m1/s1. The van der Waals surface area contributed by atoms with Crippen LogP contribution >= 0.6 is 23.2 Å². The number of carbonyl (C=O) groups is 2. The van der Waals surface area contributed by atoms with Crippen LogP contribution in [0.25, 0.3) is 39.2 Å². The third-order valence-corrected chi connectivity index (χ3v) is 10.3. The monoisotopic (exact) mass is 724 g/mol. The Balaban J connectivity index is 1.10. The van der Waals surface area contributed by atoms with Crippen LogP contribution < -0.4 is 32.1 Å². The summed E-state index contributed by atoms with van der Waals surface area (Å²) in [4.78, 5) is 45.7. The molecule has 262 valence electrons. The molecule has 0 aliphatic carbocycles. The van der Waals surface area contributed by atoms with Crippen LogP contribution in [0.15, 0.2) is 77.9 Å². The largest absolute Gasteiger partial charge is 0.373 e. The van der Waals surface area contributed by atoms with Crippen LogP contribution in [0.1, 0.15) is 36.8 Å². The Morgan fingerprint density at radius 3 is 2.02 bits per heavy atom. The fraction of sp³-hybridized carbons (Fsp3) is 0.289. The van der Waals surface area contributed by atoms with Crippen LogP contribution in [-0.2, 0) is 22.7 Å². The van der Waals surface area contributed by atoms with Crippen molar-refractivity contribution in [3.63, 3.8) is 0 Å². The number of aromatic nitrogens is 3. The second kappa shape index (κ2) is 15.2. The number of pyridine rings is 2. The fourth-order valence-electron chi connectivity index (χ4n) is 6.72. The van der Waals surface area contributed by atoms with Gasteiger partial charge >= 0.3 is 0 Å². The van der Waals surface area contributed by atoms with E-state index in [1.807, 2.05) is 67.7 Å². The number of anilines is 1. The number of nitrogens with one attached hydrogen (secondary N) is 5. The molecule has 2 aromatic carbocycles. The van der Waals surface area contributed by atoms with Gasteiger partial charge in [0.25, 0.3) is 5.56 Å². The van der Waals surface area contributed by atoms with Crippen LogP contribution in [0.2, 0.25) is 10.0 Å². The van der Waals surface area contributed by atoms with Crippen molar-refractivity contribution in [2.75, 3.05) is 25.5 Å². The molecular formula is C38H38Cl2N8O3. The van der Waals surface area contributed by atoms with Gasteiger partial charge < -0.3 is 26.6 Å². The Bertz CT molecular complexity index is 2190. The molecule has 0 unspecified atom stereocenters. The van der Waals surface area contributed by atoms with E-state index in [0.717, 1.165) is 57.7 Å². The number of hydrogen-bond acceptors (Lipinski definition) is 8. The lowest BCUT2D eigenvalue weighted by Gasteiger charge is -2.16. The molecule has 7 rings (SSSR count). The highest BCUT2D eigenvalue weighted by Gasteiger charge is 2.22. The number of hydrogen-bond donors (Lipinski definition) is 5. The Hall–Kier alpha value is -4.81. The molecular weight excluding hydrogens is 687 g/mol. The third kappa shape index (κ3) is 7.48. The minimum absolute atomic E-state index is 0.0628. The summed E-state index contributed by atoms with van der Waals surface area (Å²) in [6.07, 6.45) is 6.06. The summed E-state index contributed by atoms with van der Waals surface area (Å²) < 4.78 is 1.53. The molecule has 0 bridgehead atoms. The molecule has 0 radical (unpaired) electrons. The van der Waals surface area contributed by atoms with Crippen molar-refractivity contribution in [1.82, 2.24) is 35.6 Å². The predicted octanol–water partition coefficient (Wildman–Crippen LogP) is 5.18. The molecule has 5 N–H and O–H groups in total. The molecule has 11 nitrogen and oxygen atoms in total. The summed E-state index contributed by atoms with van der Waals surface area (Å²) in [6, 6.07) is 19.5. The minimum atomic E-state index is -0.156. The summed E-state index contributed by atoms with van der Waals surface area (Å²) in [5.41, 5.74) is 6.50. The molecule has 2 atom stereocenters. The van der Waals surface area contributed by atoms with Gasteiger partial charge in [0.2, 0.25) is 11.8 Å². The number of rotatable bonds is 12. The van der Waals surface area contributed by atoms with Gasteiger partial charge in [-0.05, 0) is 36.6 Å². The van der Waals surface area contributed by atoms with Crippen molar-refractivity contribution < 1.29 is 9.59 Å². The number of carbonyl (C=O) groups excluding carboxylic acids is 2. The van der Waals surface area contributed by atoms with Crippen molar-refractivity contribution in [3.8, 4) is 33.5 Å². The first-order valence-corrected chi connectivity index (χ1v) is 17.8. The summed E-state index contributed by atoms with van der Waals surface area (Å²) in [5, 5.41) is 16.8. The van der Waals surface area contributed by atoms with Crippen LogP contribution in [0.4, 0.5) is 5.82 Å². The van der Waals surface area contributed by atoms with Crippen molar-refractivity contribution in [3.05, 3.63) is 105 Å². The van der Waals surface area contributed by atoms with E-state index in [1.54, 1.807) is 12.4 Å². The number of nitrogens with zero attached hydrogens (tertiary/aromatic N) is 3. The molecule has 2 aliphatic heterocycles. The van der Waals surface area contributed by atoms with Gasteiger partial charge in [-0.25, -0.2) is 9.97 Å². The second-order valence-corrected chi connectivity index (χ2v) is 13.6. The summed E-state index contributed by atoms with van der Waals surface area (Å²) >= 11 is 14.2. The van der Waals surface area contributed by atoms with Gasteiger partial charge in [-0.3, -0.25) is 18.8 Å². The highest BCUT2D eigenvalue weighted by Crippen LogP contribution is 2.42. The average molecular weight is 726 g/mol. The lowest BCUT2D eigenvalue weighted by Crippen LogP contribution is -2.36. The summed E-state index contributed by atoms with van der Waals surface area (Å²) in [6.45, 7) is 2.25. The van der Waals surface area contributed by atoms with E-state index in [2.05, 4.69) is 31.6 Å². The molecule has 51 heavy (non-hydrogen) atoms. The zero-order valence-corrected chi connectivity index (χ0v) is 29.6. The SMILES string of the molecule is CNc1nc(-c2cccc(-c3cccc(-c4ccn5c(=O)c(CNC[C@@H]6CCC(=O)N6)cnc5c4)c3Cl)c2Cl)ccc1CNC[C@H]1CCC(=O)N1. The van der Waals surface area contributed by atoms with Gasteiger partial charge in [0.1, 0.15) is 11.5 Å². The summed E-state index contributed by atoms with van der Waals surface area (Å²) in [5.74, 6) is 0.906. The van der Waals surface area contributed by atoms with Gasteiger partial charge in [0, 0.05) is 104 Å². The predicted molar refractivity (Wildman–Crippen MR) is 201 cm³/mol. The zero-order valence-electron chi connectivity index (χ0n) is 28.1. The van der Waals surface area contributed by atoms with Crippen LogP contribution in [0, 0.1) is 0 Å². The molecule has 0 spiro atoms. The normalized spacial score (nSPS) is 17.2.